The summed E-state index contributed by atoms with van der Waals surface area (Å²) < 4.78 is 13.6. The summed E-state index contributed by atoms with van der Waals surface area (Å²) >= 11 is 0. The summed E-state index contributed by atoms with van der Waals surface area (Å²) in [5.74, 6) is 2.75. The van der Waals surface area contributed by atoms with Crippen LogP contribution in [-0.4, -0.2) is 35.7 Å². The minimum absolute atomic E-state index is 0.0313. The van der Waals surface area contributed by atoms with Crippen LogP contribution < -0.4 is 14.4 Å². The van der Waals surface area contributed by atoms with E-state index in [-0.39, 0.29) is 11.8 Å². The van der Waals surface area contributed by atoms with Gasteiger partial charge >= 0.3 is 0 Å². The third-order valence-electron chi connectivity index (χ3n) is 6.32. The van der Waals surface area contributed by atoms with Crippen molar-refractivity contribution in [1.29, 1.82) is 0 Å². The Bertz CT molecular complexity index is 1310. The van der Waals surface area contributed by atoms with Crippen molar-refractivity contribution >= 4 is 22.6 Å². The van der Waals surface area contributed by atoms with E-state index in [9.17, 15) is 4.79 Å². The highest BCUT2D eigenvalue weighted by Gasteiger charge is 2.35. The molecule has 0 spiro atoms. The molecule has 0 bridgehead atoms. The Morgan fingerprint density at radius 2 is 1.82 bits per heavy atom. The zero-order valence-corrected chi connectivity index (χ0v) is 19.6. The molecule has 5 rings (SSSR count). The molecule has 1 atom stereocenters. The quantitative estimate of drug-likeness (QED) is 0.337. The van der Waals surface area contributed by atoms with E-state index in [1.54, 1.807) is 7.11 Å². The highest BCUT2D eigenvalue weighted by molar-refractivity contribution is 5.96. The van der Waals surface area contributed by atoms with Gasteiger partial charge in [-0.05, 0) is 55.3 Å². The molecule has 6 nitrogen and oxygen atoms in total. The van der Waals surface area contributed by atoms with Gasteiger partial charge in [-0.3, -0.25) is 4.79 Å². The van der Waals surface area contributed by atoms with E-state index in [2.05, 4.69) is 29.7 Å². The van der Waals surface area contributed by atoms with E-state index in [4.69, 9.17) is 14.5 Å². The number of hydrogen-bond donors (Lipinski definition) is 0. The Hall–Kier alpha value is -3.80. The standard InChI is InChI=1S/C28H29N3O3/c1-20-8-5-11-24(16-20)34-15-7-14-30-26-13-4-3-12-25(26)29-28(30)21-17-27(32)31(19-21)22-9-6-10-23(18-22)33-2/h3-6,8-13,16,18,21H,7,14-15,17,19H2,1-2H3. The molecule has 0 radical (unpaired) electrons. The Labute approximate surface area is 199 Å². The highest BCUT2D eigenvalue weighted by atomic mass is 16.5. The number of hydrogen-bond acceptors (Lipinski definition) is 4. The molecule has 1 fully saturated rings. The fourth-order valence-corrected chi connectivity index (χ4v) is 4.67. The molecule has 1 saturated heterocycles. The maximum atomic E-state index is 13.0. The van der Waals surface area contributed by atoms with E-state index >= 15 is 0 Å². The smallest absolute Gasteiger partial charge is 0.227 e. The van der Waals surface area contributed by atoms with Crippen molar-refractivity contribution in [3.63, 3.8) is 0 Å². The van der Waals surface area contributed by atoms with Gasteiger partial charge in [0, 0.05) is 37.2 Å². The Kier molecular flexibility index (Phi) is 6.21. The Balaban J connectivity index is 1.35. The maximum Gasteiger partial charge on any atom is 0.227 e. The molecule has 0 aliphatic carbocycles. The zero-order valence-electron chi connectivity index (χ0n) is 19.6. The summed E-state index contributed by atoms with van der Waals surface area (Å²) in [6, 6.07) is 24.0. The monoisotopic (exact) mass is 455 g/mol. The summed E-state index contributed by atoms with van der Waals surface area (Å²) in [4.78, 5) is 19.8. The normalized spacial score (nSPS) is 15.8. The average Bonchev–Trinajstić information content (AvgIpc) is 3.42. The van der Waals surface area contributed by atoms with E-state index in [1.807, 2.05) is 59.5 Å². The topological polar surface area (TPSA) is 56.6 Å². The van der Waals surface area contributed by atoms with Crippen LogP contribution in [0, 0.1) is 6.92 Å². The first-order valence-electron chi connectivity index (χ1n) is 11.7. The summed E-state index contributed by atoms with van der Waals surface area (Å²) in [6.07, 6.45) is 1.29. The molecule has 3 aromatic carbocycles. The second-order valence-corrected chi connectivity index (χ2v) is 8.74. The van der Waals surface area contributed by atoms with Crippen molar-refractivity contribution in [2.45, 2.75) is 32.2 Å². The lowest BCUT2D eigenvalue weighted by Gasteiger charge is -2.18. The Morgan fingerprint density at radius 3 is 2.68 bits per heavy atom. The molecule has 1 aromatic heterocycles. The lowest BCUT2D eigenvalue weighted by atomic mass is 10.1. The number of amides is 1. The molecular weight excluding hydrogens is 426 g/mol. The number of imidazole rings is 1. The fraction of sp³-hybridized carbons (Fsp3) is 0.286. The SMILES string of the molecule is COc1cccc(N2CC(c3nc4ccccc4n3CCCOc3cccc(C)c3)CC2=O)c1. The third-order valence-corrected chi connectivity index (χ3v) is 6.32. The van der Waals surface area contributed by atoms with Gasteiger partial charge in [0.05, 0.1) is 24.8 Å². The van der Waals surface area contributed by atoms with Gasteiger partial charge in [0.1, 0.15) is 17.3 Å². The molecule has 0 saturated carbocycles. The zero-order chi connectivity index (χ0) is 23.5. The average molecular weight is 456 g/mol. The molecule has 34 heavy (non-hydrogen) atoms. The number of aromatic nitrogens is 2. The lowest BCUT2D eigenvalue weighted by molar-refractivity contribution is -0.117. The number of anilines is 1. The van der Waals surface area contributed by atoms with Gasteiger partial charge in [-0.25, -0.2) is 4.98 Å². The van der Waals surface area contributed by atoms with E-state index in [0.29, 0.717) is 19.6 Å². The van der Waals surface area contributed by atoms with Crippen LogP contribution in [0.5, 0.6) is 11.5 Å². The number of nitrogens with zero attached hydrogens (tertiary/aromatic N) is 3. The summed E-state index contributed by atoms with van der Waals surface area (Å²) in [7, 11) is 1.64. The molecule has 1 unspecified atom stereocenters. The largest absolute Gasteiger partial charge is 0.497 e. The number of aryl methyl sites for hydroxylation is 2. The molecule has 1 aliphatic heterocycles. The van der Waals surface area contributed by atoms with Crippen LogP contribution in [0.2, 0.25) is 0 Å². The van der Waals surface area contributed by atoms with Gasteiger partial charge in [-0.15, -0.1) is 0 Å². The van der Waals surface area contributed by atoms with Gasteiger partial charge < -0.3 is 18.9 Å². The fourth-order valence-electron chi connectivity index (χ4n) is 4.67. The third kappa shape index (κ3) is 4.49. The van der Waals surface area contributed by atoms with Crippen LogP contribution in [0.25, 0.3) is 11.0 Å². The molecule has 6 heteroatoms. The van der Waals surface area contributed by atoms with Crippen molar-refractivity contribution in [2.75, 3.05) is 25.2 Å². The molecule has 2 heterocycles. The number of carbonyl (C=O) groups excluding carboxylic acids is 1. The van der Waals surface area contributed by atoms with Gasteiger partial charge in [0.15, 0.2) is 0 Å². The number of benzene rings is 3. The molecule has 174 valence electrons. The molecule has 1 amide bonds. The summed E-state index contributed by atoms with van der Waals surface area (Å²) in [6.45, 7) is 4.07. The van der Waals surface area contributed by atoms with Crippen molar-refractivity contribution < 1.29 is 14.3 Å². The second-order valence-electron chi connectivity index (χ2n) is 8.74. The van der Waals surface area contributed by atoms with E-state index in [0.717, 1.165) is 47.0 Å². The van der Waals surface area contributed by atoms with E-state index < -0.39 is 0 Å². The van der Waals surface area contributed by atoms with Crippen LogP contribution in [0.15, 0.2) is 72.8 Å². The first-order valence-corrected chi connectivity index (χ1v) is 11.7. The number of ether oxygens (including phenoxy) is 2. The van der Waals surface area contributed by atoms with Crippen molar-refractivity contribution in [3.8, 4) is 11.5 Å². The summed E-state index contributed by atoms with van der Waals surface area (Å²) in [5.41, 5.74) is 4.11. The molecular formula is C28H29N3O3. The van der Waals surface area contributed by atoms with Crippen LogP contribution in [0.4, 0.5) is 5.69 Å². The molecule has 0 N–H and O–H groups in total. The van der Waals surface area contributed by atoms with Gasteiger partial charge in [-0.1, -0.05) is 30.3 Å². The van der Waals surface area contributed by atoms with Crippen LogP contribution in [0.3, 0.4) is 0 Å². The number of para-hydroxylation sites is 2. The number of rotatable bonds is 8. The molecule has 4 aromatic rings. The summed E-state index contributed by atoms with van der Waals surface area (Å²) in [5, 5.41) is 0. The first kappa shape index (κ1) is 22.0. The lowest BCUT2D eigenvalue weighted by Crippen LogP contribution is -2.24. The van der Waals surface area contributed by atoms with Crippen molar-refractivity contribution in [1.82, 2.24) is 9.55 Å². The highest BCUT2D eigenvalue weighted by Crippen LogP contribution is 2.34. The number of carbonyl (C=O) groups is 1. The number of fused-ring (bicyclic) bond motifs is 1. The Morgan fingerprint density at radius 1 is 1.00 bits per heavy atom. The minimum Gasteiger partial charge on any atom is -0.497 e. The second kappa shape index (κ2) is 9.59. The van der Waals surface area contributed by atoms with Crippen LogP contribution in [0.1, 0.15) is 30.1 Å². The van der Waals surface area contributed by atoms with Gasteiger partial charge in [-0.2, -0.15) is 0 Å². The predicted octanol–water partition coefficient (Wildman–Crippen LogP) is 5.34. The predicted molar refractivity (Wildman–Crippen MR) is 134 cm³/mol. The molecule has 1 aliphatic rings. The van der Waals surface area contributed by atoms with Crippen LogP contribution in [-0.2, 0) is 11.3 Å². The van der Waals surface area contributed by atoms with Gasteiger partial charge in [0.25, 0.3) is 0 Å². The minimum atomic E-state index is 0.0313. The van der Waals surface area contributed by atoms with Crippen LogP contribution >= 0.6 is 0 Å². The van der Waals surface area contributed by atoms with Crippen molar-refractivity contribution in [3.05, 3.63) is 84.2 Å². The maximum absolute atomic E-state index is 13.0. The number of methoxy groups -OCH3 is 1. The van der Waals surface area contributed by atoms with Gasteiger partial charge in [0.2, 0.25) is 5.91 Å². The van der Waals surface area contributed by atoms with E-state index in [1.165, 1.54) is 5.56 Å². The first-order chi connectivity index (χ1) is 16.6. The van der Waals surface area contributed by atoms with Crippen molar-refractivity contribution in [2.24, 2.45) is 0 Å².